The van der Waals surface area contributed by atoms with E-state index in [1.54, 1.807) is 30.3 Å². The van der Waals surface area contributed by atoms with Gasteiger partial charge in [-0.15, -0.1) is 0 Å². The lowest BCUT2D eigenvalue weighted by Gasteiger charge is -2.07. The number of benzene rings is 2. The van der Waals surface area contributed by atoms with Crippen molar-refractivity contribution in [3.8, 4) is 0 Å². The molecule has 0 radical (unpaired) electrons. The molecule has 0 unspecified atom stereocenters. The number of carbonyl (C=O) groups is 2. The summed E-state index contributed by atoms with van der Waals surface area (Å²) in [6.07, 6.45) is 0.288. The van der Waals surface area contributed by atoms with Crippen molar-refractivity contribution in [3.63, 3.8) is 0 Å². The zero-order valence-corrected chi connectivity index (χ0v) is 14.7. The summed E-state index contributed by atoms with van der Waals surface area (Å²) in [6, 6.07) is 14.3. The van der Waals surface area contributed by atoms with Crippen molar-refractivity contribution < 1.29 is 9.59 Å². The zero-order valence-electron chi connectivity index (χ0n) is 12.3. The van der Waals surface area contributed by atoms with E-state index in [0.717, 1.165) is 10.0 Å². The van der Waals surface area contributed by atoms with Gasteiger partial charge in [-0.3, -0.25) is 9.59 Å². The minimum atomic E-state index is -0.168. The molecule has 0 aliphatic heterocycles. The first-order valence-corrected chi connectivity index (χ1v) is 8.26. The molecule has 2 aromatic carbocycles. The van der Waals surface area contributed by atoms with E-state index in [1.807, 2.05) is 18.2 Å². The molecule has 0 fully saturated rings. The fourth-order valence-electron chi connectivity index (χ4n) is 1.96. The number of hydrogen-bond donors (Lipinski definition) is 2. The van der Waals surface area contributed by atoms with Gasteiger partial charge in [0.15, 0.2) is 0 Å². The number of nitrogens with one attached hydrogen (secondary N) is 2. The lowest BCUT2D eigenvalue weighted by Crippen LogP contribution is -2.35. The maximum Gasteiger partial charge on any atom is 0.251 e. The van der Waals surface area contributed by atoms with E-state index in [2.05, 4.69) is 26.6 Å². The summed E-state index contributed by atoms with van der Waals surface area (Å²) >= 11 is 9.12. The summed E-state index contributed by atoms with van der Waals surface area (Å²) in [6.45, 7) is 0.754. The van der Waals surface area contributed by atoms with E-state index in [4.69, 9.17) is 11.6 Å². The molecule has 23 heavy (non-hydrogen) atoms. The summed E-state index contributed by atoms with van der Waals surface area (Å²) in [4.78, 5) is 23.7. The number of hydrogen-bond acceptors (Lipinski definition) is 2. The highest BCUT2D eigenvalue weighted by molar-refractivity contribution is 9.10. The highest BCUT2D eigenvalue weighted by Crippen LogP contribution is 2.11. The van der Waals surface area contributed by atoms with E-state index in [1.165, 1.54) is 0 Å². The van der Waals surface area contributed by atoms with Crippen molar-refractivity contribution in [2.45, 2.75) is 6.42 Å². The van der Waals surface area contributed by atoms with Crippen molar-refractivity contribution in [1.82, 2.24) is 10.6 Å². The van der Waals surface area contributed by atoms with Crippen LogP contribution >= 0.6 is 27.5 Å². The fraction of sp³-hybridized carbons (Fsp3) is 0.176. The minimum absolute atomic E-state index is 0.0935. The third-order valence-electron chi connectivity index (χ3n) is 3.10. The van der Waals surface area contributed by atoms with Crippen molar-refractivity contribution >= 4 is 39.3 Å². The van der Waals surface area contributed by atoms with Gasteiger partial charge in [-0.05, 0) is 35.9 Å². The van der Waals surface area contributed by atoms with Crippen molar-refractivity contribution in [3.05, 3.63) is 69.2 Å². The van der Waals surface area contributed by atoms with Crippen LogP contribution in [0.5, 0.6) is 0 Å². The molecule has 2 aromatic rings. The summed E-state index contributed by atoms with van der Waals surface area (Å²) in [5.41, 5.74) is 1.47. The highest BCUT2D eigenvalue weighted by Gasteiger charge is 2.06. The summed E-state index contributed by atoms with van der Waals surface area (Å²) in [5.74, 6) is -0.262. The van der Waals surface area contributed by atoms with E-state index in [0.29, 0.717) is 23.7 Å². The average molecular weight is 396 g/mol. The van der Waals surface area contributed by atoms with Gasteiger partial charge in [0.05, 0.1) is 6.42 Å². The topological polar surface area (TPSA) is 58.2 Å². The van der Waals surface area contributed by atoms with Gasteiger partial charge in [0, 0.05) is 28.1 Å². The molecule has 0 aliphatic rings. The van der Waals surface area contributed by atoms with Gasteiger partial charge in [0.2, 0.25) is 5.91 Å². The van der Waals surface area contributed by atoms with Gasteiger partial charge in [0.1, 0.15) is 0 Å². The monoisotopic (exact) mass is 394 g/mol. The van der Waals surface area contributed by atoms with Crippen LogP contribution in [0, 0.1) is 0 Å². The number of amides is 2. The molecule has 2 amide bonds. The van der Waals surface area contributed by atoms with Crippen LogP contribution in [0.1, 0.15) is 15.9 Å². The van der Waals surface area contributed by atoms with E-state index in [-0.39, 0.29) is 18.2 Å². The zero-order chi connectivity index (χ0) is 16.7. The Hall–Kier alpha value is -1.85. The maximum atomic E-state index is 11.9. The average Bonchev–Trinajstić information content (AvgIpc) is 2.53. The quantitative estimate of drug-likeness (QED) is 0.738. The lowest BCUT2D eigenvalue weighted by molar-refractivity contribution is -0.120. The fourth-order valence-corrected chi connectivity index (χ4v) is 2.49. The van der Waals surface area contributed by atoms with Crippen molar-refractivity contribution in [1.29, 1.82) is 0 Å². The molecule has 0 saturated carbocycles. The first-order chi connectivity index (χ1) is 11.0. The molecule has 4 nitrogen and oxygen atoms in total. The summed E-state index contributed by atoms with van der Waals surface area (Å²) in [5, 5.41) is 6.17. The Morgan fingerprint density at radius 1 is 1.00 bits per heavy atom. The Labute approximate surface area is 148 Å². The molecule has 120 valence electrons. The molecule has 0 atom stereocenters. The smallest absolute Gasteiger partial charge is 0.251 e. The van der Waals surface area contributed by atoms with E-state index in [9.17, 15) is 9.59 Å². The van der Waals surface area contributed by atoms with Crippen LogP contribution in [-0.2, 0) is 11.2 Å². The van der Waals surface area contributed by atoms with Crippen molar-refractivity contribution in [2.24, 2.45) is 0 Å². The van der Waals surface area contributed by atoms with E-state index < -0.39 is 0 Å². The SMILES string of the molecule is O=C(Cc1ccc(Cl)cc1)NCCNC(=O)c1cccc(Br)c1. The van der Waals surface area contributed by atoms with Crippen LogP contribution < -0.4 is 10.6 Å². The second kappa shape index (κ2) is 8.70. The largest absolute Gasteiger partial charge is 0.354 e. The van der Waals surface area contributed by atoms with Gasteiger partial charge in [-0.1, -0.05) is 45.7 Å². The molecule has 0 aromatic heterocycles. The van der Waals surface area contributed by atoms with Crippen LogP contribution in [0.2, 0.25) is 5.02 Å². The third kappa shape index (κ3) is 6.04. The van der Waals surface area contributed by atoms with Gasteiger partial charge in [-0.2, -0.15) is 0 Å². The van der Waals surface area contributed by atoms with Crippen molar-refractivity contribution in [2.75, 3.05) is 13.1 Å². The second-order valence-corrected chi connectivity index (χ2v) is 6.27. The maximum absolute atomic E-state index is 11.9. The van der Waals surface area contributed by atoms with E-state index >= 15 is 0 Å². The molecular formula is C17H16BrClN2O2. The first kappa shape index (κ1) is 17.5. The van der Waals surface area contributed by atoms with Crippen LogP contribution in [0.3, 0.4) is 0 Å². The molecule has 0 spiro atoms. The Morgan fingerprint density at radius 2 is 1.70 bits per heavy atom. The molecule has 0 bridgehead atoms. The Kier molecular flexibility index (Phi) is 6.62. The molecular weight excluding hydrogens is 380 g/mol. The van der Waals surface area contributed by atoms with Gasteiger partial charge in [-0.25, -0.2) is 0 Å². The first-order valence-electron chi connectivity index (χ1n) is 7.09. The third-order valence-corrected chi connectivity index (χ3v) is 3.84. The molecule has 0 heterocycles. The predicted molar refractivity (Wildman–Crippen MR) is 94.6 cm³/mol. The Balaban J connectivity index is 1.69. The van der Waals surface area contributed by atoms with Crippen LogP contribution in [0.25, 0.3) is 0 Å². The number of carbonyl (C=O) groups excluding carboxylic acids is 2. The molecule has 0 aliphatic carbocycles. The predicted octanol–water partition coefficient (Wildman–Crippen LogP) is 3.19. The Morgan fingerprint density at radius 3 is 2.39 bits per heavy atom. The van der Waals surface area contributed by atoms with Crippen LogP contribution in [0.15, 0.2) is 53.0 Å². The molecule has 0 saturated heterocycles. The normalized spacial score (nSPS) is 10.2. The van der Waals surface area contributed by atoms with Gasteiger partial charge in [0.25, 0.3) is 5.91 Å². The number of rotatable bonds is 6. The lowest BCUT2D eigenvalue weighted by atomic mass is 10.1. The second-order valence-electron chi connectivity index (χ2n) is 4.92. The summed E-state index contributed by atoms with van der Waals surface area (Å²) in [7, 11) is 0. The standard InChI is InChI=1S/C17H16BrClN2O2/c18-14-3-1-2-13(11-14)17(23)21-9-8-20-16(22)10-12-4-6-15(19)7-5-12/h1-7,11H,8-10H2,(H,20,22)(H,21,23). The Bertz CT molecular complexity index is 689. The van der Waals surface area contributed by atoms with Gasteiger partial charge >= 0.3 is 0 Å². The summed E-state index contributed by atoms with van der Waals surface area (Å²) < 4.78 is 0.849. The van der Waals surface area contributed by atoms with Gasteiger partial charge < -0.3 is 10.6 Å². The minimum Gasteiger partial charge on any atom is -0.354 e. The molecule has 6 heteroatoms. The van der Waals surface area contributed by atoms with Crippen LogP contribution in [-0.4, -0.2) is 24.9 Å². The highest BCUT2D eigenvalue weighted by atomic mass is 79.9. The molecule has 2 N–H and O–H groups in total. The van der Waals surface area contributed by atoms with Crippen LogP contribution in [0.4, 0.5) is 0 Å². The number of halogens is 2. The molecule has 2 rings (SSSR count).